The first kappa shape index (κ1) is 10.8. The van der Waals surface area contributed by atoms with Gasteiger partial charge in [-0.25, -0.2) is 9.59 Å². The van der Waals surface area contributed by atoms with Crippen molar-refractivity contribution in [3.8, 4) is 0 Å². The summed E-state index contributed by atoms with van der Waals surface area (Å²) in [5.41, 5.74) is -1.27. The first-order valence-electron chi connectivity index (χ1n) is 4.64. The lowest BCUT2D eigenvalue weighted by atomic mass is 9.79. The predicted molar refractivity (Wildman–Crippen MR) is 49.2 cm³/mol. The van der Waals surface area contributed by atoms with E-state index >= 15 is 0 Å². The number of amides is 1. The number of nitrogens with zero attached hydrogens (tertiary/aromatic N) is 1. The van der Waals surface area contributed by atoms with E-state index in [4.69, 9.17) is 10.2 Å². The minimum absolute atomic E-state index is 0.148. The molecule has 5 heteroatoms. The smallest absolute Gasteiger partial charge is 0.408 e. The Balaban J connectivity index is 3.03. The summed E-state index contributed by atoms with van der Waals surface area (Å²) in [7, 11) is 0. The van der Waals surface area contributed by atoms with E-state index in [1.165, 1.54) is 6.92 Å². The molecule has 0 saturated carbocycles. The Morgan fingerprint density at radius 2 is 2.00 bits per heavy atom. The number of carbonyl (C=O) groups is 2. The second kappa shape index (κ2) is 3.48. The fourth-order valence-corrected chi connectivity index (χ4v) is 1.96. The van der Waals surface area contributed by atoms with Crippen LogP contribution in [0.3, 0.4) is 0 Å². The van der Waals surface area contributed by atoms with Gasteiger partial charge in [0.15, 0.2) is 0 Å². The molecule has 0 aromatic carbocycles. The van der Waals surface area contributed by atoms with Gasteiger partial charge in [0.2, 0.25) is 0 Å². The Kier molecular flexibility index (Phi) is 2.69. The molecule has 1 saturated heterocycles. The molecule has 1 aliphatic heterocycles. The fourth-order valence-electron chi connectivity index (χ4n) is 1.96. The van der Waals surface area contributed by atoms with Crippen LogP contribution in [0.5, 0.6) is 0 Å². The van der Waals surface area contributed by atoms with Crippen LogP contribution in [0.1, 0.15) is 26.7 Å². The molecular weight excluding hydrogens is 186 g/mol. The highest BCUT2D eigenvalue weighted by atomic mass is 16.4. The average molecular weight is 201 g/mol. The molecule has 0 aromatic rings. The first-order valence-corrected chi connectivity index (χ1v) is 4.64. The Morgan fingerprint density at radius 3 is 2.36 bits per heavy atom. The number of hydrogen-bond donors (Lipinski definition) is 2. The Labute approximate surface area is 82.3 Å². The maximum atomic E-state index is 11.1. The Morgan fingerprint density at radius 1 is 1.43 bits per heavy atom. The number of aliphatic carboxylic acids is 1. The topological polar surface area (TPSA) is 77.8 Å². The van der Waals surface area contributed by atoms with Gasteiger partial charge in [0.25, 0.3) is 0 Å². The van der Waals surface area contributed by atoms with Crippen molar-refractivity contribution in [2.24, 2.45) is 5.92 Å². The normalized spacial score (nSPS) is 32.7. The molecule has 0 aliphatic carbocycles. The molecule has 2 unspecified atom stereocenters. The van der Waals surface area contributed by atoms with Crippen molar-refractivity contribution in [2.45, 2.75) is 32.2 Å². The van der Waals surface area contributed by atoms with Crippen molar-refractivity contribution >= 4 is 12.1 Å². The Bertz CT molecular complexity index is 266. The third-order valence-electron chi connectivity index (χ3n) is 3.20. The number of hydrogen-bond acceptors (Lipinski definition) is 2. The van der Waals surface area contributed by atoms with E-state index in [0.29, 0.717) is 6.54 Å². The zero-order chi connectivity index (χ0) is 10.9. The van der Waals surface area contributed by atoms with Crippen LogP contribution in [0, 0.1) is 5.92 Å². The van der Waals surface area contributed by atoms with Crippen LogP contribution < -0.4 is 0 Å². The summed E-state index contributed by atoms with van der Waals surface area (Å²) < 4.78 is 0. The maximum absolute atomic E-state index is 11.1. The van der Waals surface area contributed by atoms with Crippen LogP contribution in [0.4, 0.5) is 4.79 Å². The molecule has 1 amide bonds. The third kappa shape index (κ3) is 1.42. The fraction of sp³-hybridized carbons (Fsp3) is 0.778. The highest BCUT2D eigenvalue weighted by Crippen LogP contribution is 2.33. The van der Waals surface area contributed by atoms with Gasteiger partial charge >= 0.3 is 12.1 Å². The van der Waals surface area contributed by atoms with Crippen molar-refractivity contribution in [1.82, 2.24) is 4.90 Å². The lowest BCUT2D eigenvalue weighted by Gasteiger charge is -2.44. The van der Waals surface area contributed by atoms with Gasteiger partial charge in [-0.3, -0.25) is 4.90 Å². The molecule has 1 heterocycles. The van der Waals surface area contributed by atoms with Crippen LogP contribution >= 0.6 is 0 Å². The molecule has 80 valence electrons. The molecule has 0 spiro atoms. The molecule has 14 heavy (non-hydrogen) atoms. The van der Waals surface area contributed by atoms with E-state index in [9.17, 15) is 9.59 Å². The quantitative estimate of drug-likeness (QED) is 0.669. The Hall–Kier alpha value is -1.26. The van der Waals surface area contributed by atoms with Crippen molar-refractivity contribution < 1.29 is 19.8 Å². The standard InChI is InChI=1S/C9H15NO4/c1-6-4-3-5-10(8(13)14)9(6,2)7(11)12/h6H,3-5H2,1-2H3,(H,11,12)(H,13,14). The number of likely N-dealkylation sites (tertiary alicyclic amines) is 1. The minimum atomic E-state index is -1.27. The van der Waals surface area contributed by atoms with E-state index in [0.717, 1.165) is 17.7 Å². The van der Waals surface area contributed by atoms with Crippen LogP contribution in [0.15, 0.2) is 0 Å². The van der Waals surface area contributed by atoms with Gasteiger partial charge in [0.05, 0.1) is 0 Å². The molecule has 1 rings (SSSR count). The summed E-state index contributed by atoms with van der Waals surface area (Å²) in [5.74, 6) is -1.21. The largest absolute Gasteiger partial charge is 0.479 e. The minimum Gasteiger partial charge on any atom is -0.479 e. The van der Waals surface area contributed by atoms with Gasteiger partial charge in [0, 0.05) is 6.54 Å². The molecular formula is C9H15NO4. The maximum Gasteiger partial charge on any atom is 0.408 e. The van der Waals surface area contributed by atoms with E-state index in [-0.39, 0.29) is 5.92 Å². The summed E-state index contributed by atoms with van der Waals surface area (Å²) >= 11 is 0. The van der Waals surface area contributed by atoms with E-state index in [1.807, 2.05) is 0 Å². The van der Waals surface area contributed by atoms with Crippen molar-refractivity contribution in [3.05, 3.63) is 0 Å². The monoisotopic (exact) mass is 201 g/mol. The number of rotatable bonds is 1. The zero-order valence-electron chi connectivity index (χ0n) is 8.36. The lowest BCUT2D eigenvalue weighted by molar-refractivity contribution is -0.154. The summed E-state index contributed by atoms with van der Waals surface area (Å²) in [4.78, 5) is 23.0. The van der Waals surface area contributed by atoms with Gasteiger partial charge in [-0.05, 0) is 25.7 Å². The first-order chi connectivity index (χ1) is 6.40. The second-order valence-corrected chi connectivity index (χ2v) is 3.93. The number of piperidine rings is 1. The van der Waals surface area contributed by atoms with Crippen LogP contribution in [0.2, 0.25) is 0 Å². The van der Waals surface area contributed by atoms with Gasteiger partial charge < -0.3 is 10.2 Å². The summed E-state index contributed by atoms with van der Waals surface area (Å²) in [6.07, 6.45) is 0.338. The van der Waals surface area contributed by atoms with Gasteiger partial charge in [0.1, 0.15) is 5.54 Å². The van der Waals surface area contributed by atoms with Crippen LogP contribution in [-0.4, -0.2) is 39.3 Å². The third-order valence-corrected chi connectivity index (χ3v) is 3.20. The molecule has 5 nitrogen and oxygen atoms in total. The molecule has 2 N–H and O–H groups in total. The summed E-state index contributed by atoms with van der Waals surface area (Å²) in [6, 6.07) is 0. The second-order valence-electron chi connectivity index (χ2n) is 3.93. The van der Waals surface area contributed by atoms with Gasteiger partial charge in [-0.15, -0.1) is 0 Å². The van der Waals surface area contributed by atoms with E-state index in [2.05, 4.69) is 0 Å². The molecule has 0 aromatic heterocycles. The van der Waals surface area contributed by atoms with Crippen molar-refractivity contribution in [1.29, 1.82) is 0 Å². The molecule has 1 fully saturated rings. The molecule has 0 radical (unpaired) electrons. The molecule has 1 aliphatic rings. The van der Waals surface area contributed by atoms with E-state index < -0.39 is 17.6 Å². The van der Waals surface area contributed by atoms with Crippen LogP contribution in [0.25, 0.3) is 0 Å². The summed E-state index contributed by atoms with van der Waals surface area (Å²) in [5, 5.41) is 18.0. The van der Waals surface area contributed by atoms with Gasteiger partial charge in [-0.2, -0.15) is 0 Å². The lowest BCUT2D eigenvalue weighted by Crippen LogP contribution is -2.61. The predicted octanol–water partition coefficient (Wildman–Crippen LogP) is 1.24. The highest BCUT2D eigenvalue weighted by molar-refractivity contribution is 5.84. The van der Waals surface area contributed by atoms with E-state index in [1.54, 1.807) is 6.92 Å². The molecule has 2 atom stereocenters. The number of carboxylic acids is 1. The highest BCUT2D eigenvalue weighted by Gasteiger charge is 2.48. The molecule has 0 bridgehead atoms. The SMILES string of the molecule is CC1CCCN(C(=O)O)C1(C)C(=O)O. The van der Waals surface area contributed by atoms with Crippen molar-refractivity contribution in [3.63, 3.8) is 0 Å². The number of carboxylic acid groups (broad SMARTS) is 2. The van der Waals surface area contributed by atoms with Crippen molar-refractivity contribution in [2.75, 3.05) is 6.54 Å². The van der Waals surface area contributed by atoms with Gasteiger partial charge in [-0.1, -0.05) is 6.92 Å². The summed E-state index contributed by atoms with van der Waals surface area (Å²) in [6.45, 7) is 3.57. The zero-order valence-corrected chi connectivity index (χ0v) is 8.36. The average Bonchev–Trinajstić information content (AvgIpc) is 2.08. The van der Waals surface area contributed by atoms with Crippen LogP contribution in [-0.2, 0) is 4.79 Å².